The van der Waals surface area contributed by atoms with E-state index < -0.39 is 17.9 Å². The van der Waals surface area contributed by atoms with Crippen molar-refractivity contribution in [1.82, 2.24) is 9.99 Å². The fourth-order valence-corrected chi connectivity index (χ4v) is 5.05. The highest BCUT2D eigenvalue weighted by Gasteiger charge is 2.41. The first-order valence-electron chi connectivity index (χ1n) is 14.5. The molecule has 8 heteroatoms. The summed E-state index contributed by atoms with van der Waals surface area (Å²) in [6.45, 7) is 13.7. The maximum Gasteiger partial charge on any atom is 0.303 e. The molecule has 2 aliphatic rings. The first-order valence-corrected chi connectivity index (χ1v) is 14.5. The van der Waals surface area contributed by atoms with Crippen LogP contribution >= 0.6 is 0 Å². The van der Waals surface area contributed by atoms with Crippen molar-refractivity contribution in [3.05, 3.63) is 118 Å². The van der Waals surface area contributed by atoms with Crippen molar-refractivity contribution in [2.45, 2.75) is 53.5 Å². The predicted molar refractivity (Wildman–Crippen MR) is 175 cm³/mol. The number of aromatic nitrogens is 1. The molecule has 228 valence electrons. The van der Waals surface area contributed by atoms with E-state index in [2.05, 4.69) is 30.6 Å². The zero-order valence-corrected chi connectivity index (χ0v) is 25.9. The highest BCUT2D eigenvalue weighted by atomic mass is 16.4. The predicted octanol–water partition coefficient (Wildman–Crippen LogP) is 6.45. The number of hydrogen-bond acceptors (Lipinski definition) is 5. The fourth-order valence-electron chi connectivity index (χ4n) is 5.05. The van der Waals surface area contributed by atoms with Gasteiger partial charge in [0.2, 0.25) is 5.91 Å². The lowest BCUT2D eigenvalue weighted by Crippen LogP contribution is -2.31. The zero-order chi connectivity index (χ0) is 32.1. The number of rotatable bonds is 8. The fraction of sp³-hybridized carbons (Fsp3) is 0.314. The SMILES string of the molecule is C=C/C=C\c1[nH]c(=O)c(C2=NN(C(=O)CCC(=O)O)C(c3ccccc3)C2C)c(C2=CC=CC(C)C=C2)c1C.CC.CO. The number of pyridine rings is 1. The van der Waals surface area contributed by atoms with Gasteiger partial charge in [-0.15, -0.1) is 0 Å². The smallest absolute Gasteiger partial charge is 0.303 e. The van der Waals surface area contributed by atoms with Gasteiger partial charge in [-0.3, -0.25) is 14.4 Å². The van der Waals surface area contributed by atoms with E-state index in [1.165, 1.54) is 5.01 Å². The standard InChI is InChI=1S/C32H33N3O4.C2H6.CH4O/c1-5-6-15-25-21(3)28(23-14-10-11-20(2)16-17-23)29(32(39)33-25)30-22(4)31(24-12-8-7-9-13-24)35(34-30)26(36)18-19-27(37)38;2*1-2/h5-17,20,22,31H,1,18-19H2,2-4H3,(H,33,39)(H,37,38);1-2H3;2H,1H3/b15-6-;;. The van der Waals surface area contributed by atoms with E-state index in [9.17, 15) is 14.4 Å². The number of hydrogen-bond donors (Lipinski definition) is 3. The summed E-state index contributed by atoms with van der Waals surface area (Å²) in [6, 6.07) is 9.02. The van der Waals surface area contributed by atoms with Gasteiger partial charge in [0.05, 0.1) is 23.7 Å². The van der Waals surface area contributed by atoms with Crippen molar-refractivity contribution in [1.29, 1.82) is 0 Å². The van der Waals surface area contributed by atoms with Gasteiger partial charge in [-0.05, 0) is 35.6 Å². The quantitative estimate of drug-likeness (QED) is 0.307. The zero-order valence-electron chi connectivity index (χ0n) is 25.9. The molecule has 0 spiro atoms. The summed E-state index contributed by atoms with van der Waals surface area (Å²) >= 11 is 0. The molecular weight excluding hydrogens is 542 g/mol. The Labute approximate surface area is 254 Å². The number of carbonyl (C=O) groups is 2. The Kier molecular flexibility index (Phi) is 13.5. The molecule has 1 aliphatic carbocycles. The molecule has 3 unspecified atom stereocenters. The van der Waals surface area contributed by atoms with Crippen molar-refractivity contribution < 1.29 is 19.8 Å². The van der Waals surface area contributed by atoms with Gasteiger partial charge in [0.15, 0.2) is 0 Å². The number of allylic oxidation sites excluding steroid dienone is 8. The van der Waals surface area contributed by atoms with Crippen LogP contribution in [0.2, 0.25) is 0 Å². The van der Waals surface area contributed by atoms with Crippen LogP contribution < -0.4 is 5.56 Å². The summed E-state index contributed by atoms with van der Waals surface area (Å²) in [6.07, 6.45) is 14.9. The number of aliphatic hydroxyl groups is 1. The molecule has 2 aromatic rings. The molecule has 2 heterocycles. The lowest BCUT2D eigenvalue weighted by atomic mass is 9.84. The van der Waals surface area contributed by atoms with Gasteiger partial charge < -0.3 is 15.2 Å². The topological polar surface area (TPSA) is 123 Å². The van der Waals surface area contributed by atoms with Gasteiger partial charge in [-0.2, -0.15) is 5.10 Å². The van der Waals surface area contributed by atoms with Crippen molar-refractivity contribution >= 4 is 29.2 Å². The molecule has 0 radical (unpaired) electrons. The number of carboxylic acid groups (broad SMARTS) is 1. The van der Waals surface area contributed by atoms with Crippen LogP contribution in [0, 0.1) is 18.8 Å². The average molecular weight is 586 g/mol. The van der Waals surface area contributed by atoms with Crippen LogP contribution in [0.25, 0.3) is 11.6 Å². The minimum Gasteiger partial charge on any atom is -0.481 e. The normalized spacial score (nSPS) is 19.0. The summed E-state index contributed by atoms with van der Waals surface area (Å²) in [5.74, 6) is -1.56. The number of carbonyl (C=O) groups excluding carboxylic acids is 1. The van der Waals surface area contributed by atoms with Crippen LogP contribution in [0.3, 0.4) is 0 Å². The minimum atomic E-state index is -1.05. The summed E-state index contributed by atoms with van der Waals surface area (Å²) in [7, 11) is 1.00. The maximum atomic E-state index is 13.8. The summed E-state index contributed by atoms with van der Waals surface area (Å²) in [5, 5.41) is 22.3. The molecule has 4 rings (SSSR count). The van der Waals surface area contributed by atoms with E-state index in [4.69, 9.17) is 15.3 Å². The first-order chi connectivity index (χ1) is 20.7. The number of benzene rings is 1. The molecule has 0 saturated heterocycles. The number of aromatic amines is 1. The lowest BCUT2D eigenvalue weighted by Gasteiger charge is -2.25. The van der Waals surface area contributed by atoms with E-state index in [1.54, 1.807) is 12.2 Å². The second-order valence-electron chi connectivity index (χ2n) is 9.82. The van der Waals surface area contributed by atoms with E-state index in [0.717, 1.165) is 29.4 Å². The van der Waals surface area contributed by atoms with Crippen molar-refractivity contribution in [2.75, 3.05) is 7.11 Å². The highest BCUT2D eigenvalue weighted by molar-refractivity contribution is 6.09. The summed E-state index contributed by atoms with van der Waals surface area (Å²) < 4.78 is 0. The van der Waals surface area contributed by atoms with E-state index >= 15 is 0 Å². The van der Waals surface area contributed by atoms with Crippen LogP contribution in [0.1, 0.15) is 74.5 Å². The molecule has 0 fully saturated rings. The van der Waals surface area contributed by atoms with Crippen LogP contribution in [0.15, 0.2) is 89.3 Å². The lowest BCUT2D eigenvalue weighted by molar-refractivity contribution is -0.141. The molecule has 1 amide bonds. The van der Waals surface area contributed by atoms with Crippen molar-refractivity contribution in [3.8, 4) is 0 Å². The molecular formula is C35H43N3O5. The molecule has 0 saturated carbocycles. The Hall–Kier alpha value is -4.56. The highest BCUT2D eigenvalue weighted by Crippen LogP contribution is 2.39. The number of aliphatic hydroxyl groups excluding tert-OH is 1. The number of hydrazone groups is 1. The van der Waals surface area contributed by atoms with E-state index in [0.29, 0.717) is 17.0 Å². The minimum absolute atomic E-state index is 0.188. The molecule has 0 bridgehead atoms. The third-order valence-corrected chi connectivity index (χ3v) is 7.05. The number of nitrogens with zero attached hydrogens (tertiary/aromatic N) is 2. The maximum absolute atomic E-state index is 13.8. The second-order valence-corrected chi connectivity index (χ2v) is 9.82. The molecule has 8 nitrogen and oxygen atoms in total. The van der Waals surface area contributed by atoms with Crippen LogP contribution in [-0.2, 0) is 9.59 Å². The third-order valence-electron chi connectivity index (χ3n) is 7.05. The van der Waals surface area contributed by atoms with Crippen molar-refractivity contribution in [2.24, 2.45) is 16.9 Å². The van der Waals surface area contributed by atoms with Gasteiger partial charge in [-0.25, -0.2) is 5.01 Å². The Bertz CT molecular complexity index is 1500. The first kappa shape index (κ1) is 34.6. The van der Waals surface area contributed by atoms with E-state index in [-0.39, 0.29) is 30.2 Å². The van der Waals surface area contributed by atoms with Crippen LogP contribution in [0.4, 0.5) is 0 Å². The van der Waals surface area contributed by atoms with Gasteiger partial charge in [0, 0.05) is 30.7 Å². The summed E-state index contributed by atoms with van der Waals surface area (Å²) in [5.41, 5.74) is 4.58. The Balaban J connectivity index is 0.00000155. The van der Waals surface area contributed by atoms with Crippen molar-refractivity contribution in [3.63, 3.8) is 0 Å². The van der Waals surface area contributed by atoms with Gasteiger partial charge in [-0.1, -0.05) is 107 Å². The van der Waals surface area contributed by atoms with Gasteiger partial charge in [0.25, 0.3) is 5.56 Å². The molecule has 1 aliphatic heterocycles. The van der Waals surface area contributed by atoms with E-state index in [1.807, 2.05) is 82.3 Å². The van der Waals surface area contributed by atoms with Crippen LogP contribution in [0.5, 0.6) is 0 Å². The molecule has 1 aromatic carbocycles. The average Bonchev–Trinajstić information content (AvgIpc) is 3.21. The Morgan fingerprint density at radius 3 is 2.37 bits per heavy atom. The molecule has 3 atom stereocenters. The summed E-state index contributed by atoms with van der Waals surface area (Å²) in [4.78, 5) is 41.3. The third kappa shape index (κ3) is 8.26. The number of carboxylic acids is 1. The number of aliphatic carboxylic acids is 1. The number of amides is 1. The molecule has 1 aromatic heterocycles. The molecule has 43 heavy (non-hydrogen) atoms. The monoisotopic (exact) mass is 585 g/mol. The second kappa shape index (κ2) is 16.8. The van der Waals surface area contributed by atoms with Gasteiger partial charge in [0.1, 0.15) is 0 Å². The Morgan fingerprint density at radius 2 is 1.74 bits per heavy atom. The number of nitrogens with one attached hydrogen (secondary N) is 1. The van der Waals surface area contributed by atoms with Crippen LogP contribution in [-0.4, -0.2) is 44.9 Å². The molecule has 3 N–H and O–H groups in total. The number of H-pyrrole nitrogens is 1. The largest absolute Gasteiger partial charge is 0.481 e. The Morgan fingerprint density at radius 1 is 1.07 bits per heavy atom. The van der Waals surface area contributed by atoms with Gasteiger partial charge >= 0.3 is 5.97 Å².